The van der Waals surface area contributed by atoms with Crippen LogP contribution in [0.2, 0.25) is 0 Å². The number of alkyl halides is 3. The lowest BCUT2D eigenvalue weighted by Gasteiger charge is -2.22. The Morgan fingerprint density at radius 3 is 2.50 bits per heavy atom. The predicted molar refractivity (Wildman–Crippen MR) is 78.1 cm³/mol. The highest BCUT2D eigenvalue weighted by atomic mass is 19.4. The van der Waals surface area contributed by atoms with E-state index < -0.39 is 23.9 Å². The molecule has 0 spiro atoms. The zero-order valence-electron chi connectivity index (χ0n) is 12.6. The van der Waals surface area contributed by atoms with E-state index in [0.29, 0.717) is 6.61 Å². The van der Waals surface area contributed by atoms with Crippen molar-refractivity contribution in [3.8, 4) is 5.88 Å². The van der Waals surface area contributed by atoms with Crippen LogP contribution in [0.1, 0.15) is 28.9 Å². The molecule has 1 N–H and O–H groups in total. The van der Waals surface area contributed by atoms with Gasteiger partial charge in [-0.05, 0) is 30.7 Å². The minimum absolute atomic E-state index is 0.0233. The van der Waals surface area contributed by atoms with Gasteiger partial charge in [-0.15, -0.1) is 0 Å². The molecule has 8 heteroatoms. The van der Waals surface area contributed by atoms with E-state index >= 15 is 0 Å². The number of amides is 1. The Labute approximate surface area is 135 Å². The van der Waals surface area contributed by atoms with Crippen molar-refractivity contribution in [1.82, 2.24) is 10.3 Å². The Morgan fingerprint density at radius 2 is 1.92 bits per heavy atom. The molecule has 2 aromatic rings. The summed E-state index contributed by atoms with van der Waals surface area (Å²) in [4.78, 5) is 16.0. The van der Waals surface area contributed by atoms with Crippen molar-refractivity contribution in [1.29, 1.82) is 0 Å². The van der Waals surface area contributed by atoms with Crippen molar-refractivity contribution in [3.05, 3.63) is 59.5 Å². The summed E-state index contributed by atoms with van der Waals surface area (Å²) in [6.07, 6.45) is -3.47. The van der Waals surface area contributed by atoms with Crippen LogP contribution in [0.15, 0.2) is 42.6 Å². The minimum atomic E-state index is -4.73. The van der Waals surface area contributed by atoms with Gasteiger partial charge in [0, 0.05) is 17.8 Å². The van der Waals surface area contributed by atoms with Crippen molar-refractivity contribution in [2.24, 2.45) is 0 Å². The molecule has 1 amide bonds. The standard InChI is InChI=1S/C16H14F4N2O2/c1-2-24-13-9-11(7-8-21-13)15(23)22-14(16(18,19)20)10-3-5-12(17)6-4-10/h3-9,14H,2H2,1H3,(H,22,23). The third kappa shape index (κ3) is 4.43. The normalized spacial score (nSPS) is 12.5. The highest BCUT2D eigenvalue weighted by molar-refractivity contribution is 5.94. The SMILES string of the molecule is CCOc1cc(C(=O)NC(c2ccc(F)cc2)C(F)(F)F)ccn1. The first-order chi connectivity index (χ1) is 11.3. The Hall–Kier alpha value is -2.64. The van der Waals surface area contributed by atoms with Gasteiger partial charge in [-0.25, -0.2) is 9.37 Å². The highest BCUT2D eigenvalue weighted by Gasteiger charge is 2.42. The van der Waals surface area contributed by atoms with Crippen LogP contribution in [0.4, 0.5) is 17.6 Å². The number of pyridine rings is 1. The molecule has 1 heterocycles. The molecule has 24 heavy (non-hydrogen) atoms. The van der Waals surface area contributed by atoms with Gasteiger partial charge in [-0.1, -0.05) is 12.1 Å². The highest BCUT2D eigenvalue weighted by Crippen LogP contribution is 2.33. The fourth-order valence-corrected chi connectivity index (χ4v) is 2.00. The topological polar surface area (TPSA) is 51.2 Å². The summed E-state index contributed by atoms with van der Waals surface area (Å²) in [6, 6.07) is 4.03. The largest absolute Gasteiger partial charge is 0.478 e. The lowest BCUT2D eigenvalue weighted by Crippen LogP contribution is -2.38. The molecular formula is C16H14F4N2O2. The van der Waals surface area contributed by atoms with Crippen molar-refractivity contribution >= 4 is 5.91 Å². The van der Waals surface area contributed by atoms with Crippen LogP contribution < -0.4 is 10.1 Å². The molecule has 2 rings (SSSR count). The number of nitrogens with one attached hydrogen (secondary N) is 1. The Bertz CT molecular complexity index is 702. The number of benzene rings is 1. The average Bonchev–Trinajstić information content (AvgIpc) is 2.53. The van der Waals surface area contributed by atoms with Crippen molar-refractivity contribution in [2.75, 3.05) is 6.61 Å². The summed E-state index contributed by atoms with van der Waals surface area (Å²) in [7, 11) is 0. The molecule has 128 valence electrons. The Kier molecular flexibility index (Phi) is 5.38. The lowest BCUT2D eigenvalue weighted by atomic mass is 10.1. The van der Waals surface area contributed by atoms with Gasteiger partial charge in [-0.3, -0.25) is 4.79 Å². The summed E-state index contributed by atoms with van der Waals surface area (Å²) in [6.45, 7) is 2.02. The van der Waals surface area contributed by atoms with Gasteiger partial charge in [0.05, 0.1) is 6.61 Å². The summed E-state index contributed by atoms with van der Waals surface area (Å²) in [5.74, 6) is -1.47. The number of hydrogen-bond donors (Lipinski definition) is 1. The molecular weight excluding hydrogens is 328 g/mol. The van der Waals surface area contributed by atoms with Crippen LogP contribution in [0.5, 0.6) is 5.88 Å². The first-order valence-corrected chi connectivity index (χ1v) is 7.03. The molecule has 0 radical (unpaired) electrons. The number of halogens is 4. The predicted octanol–water partition coefficient (Wildman–Crippen LogP) is 3.65. The zero-order valence-corrected chi connectivity index (χ0v) is 12.6. The molecule has 0 saturated carbocycles. The maximum Gasteiger partial charge on any atom is 0.412 e. The fraction of sp³-hybridized carbons (Fsp3) is 0.250. The van der Waals surface area contributed by atoms with E-state index in [1.54, 1.807) is 6.92 Å². The van der Waals surface area contributed by atoms with E-state index in [9.17, 15) is 22.4 Å². The smallest absolute Gasteiger partial charge is 0.412 e. The molecule has 1 aromatic heterocycles. The van der Waals surface area contributed by atoms with E-state index in [1.165, 1.54) is 18.3 Å². The van der Waals surface area contributed by atoms with Crippen LogP contribution >= 0.6 is 0 Å². The zero-order chi connectivity index (χ0) is 17.7. The second-order valence-electron chi connectivity index (χ2n) is 4.82. The lowest BCUT2D eigenvalue weighted by molar-refractivity contribution is -0.155. The second kappa shape index (κ2) is 7.29. The second-order valence-corrected chi connectivity index (χ2v) is 4.82. The third-order valence-electron chi connectivity index (χ3n) is 3.10. The molecule has 4 nitrogen and oxygen atoms in total. The van der Waals surface area contributed by atoms with Gasteiger partial charge in [0.1, 0.15) is 5.82 Å². The summed E-state index contributed by atoms with van der Waals surface area (Å²) < 4.78 is 57.7. The number of carbonyl (C=O) groups is 1. The number of hydrogen-bond acceptors (Lipinski definition) is 3. The van der Waals surface area contributed by atoms with Gasteiger partial charge in [0.25, 0.3) is 5.91 Å². The van der Waals surface area contributed by atoms with Crippen molar-refractivity contribution < 1.29 is 27.1 Å². The van der Waals surface area contributed by atoms with Crippen molar-refractivity contribution in [2.45, 2.75) is 19.1 Å². The van der Waals surface area contributed by atoms with E-state index in [4.69, 9.17) is 4.74 Å². The number of carbonyl (C=O) groups excluding carboxylic acids is 1. The molecule has 0 fully saturated rings. The quantitative estimate of drug-likeness (QED) is 0.844. The molecule has 1 aromatic carbocycles. The first kappa shape index (κ1) is 17.7. The monoisotopic (exact) mass is 342 g/mol. The van der Waals surface area contributed by atoms with Crippen LogP contribution in [-0.4, -0.2) is 23.7 Å². The Morgan fingerprint density at radius 1 is 1.25 bits per heavy atom. The maximum atomic E-state index is 13.2. The van der Waals surface area contributed by atoms with Crippen molar-refractivity contribution in [3.63, 3.8) is 0 Å². The fourth-order valence-electron chi connectivity index (χ4n) is 2.00. The minimum Gasteiger partial charge on any atom is -0.478 e. The number of ether oxygens (including phenoxy) is 1. The van der Waals surface area contributed by atoms with E-state index in [1.807, 2.05) is 5.32 Å². The average molecular weight is 342 g/mol. The van der Waals surface area contributed by atoms with Crippen LogP contribution in [0, 0.1) is 5.82 Å². The Balaban J connectivity index is 2.25. The van der Waals surface area contributed by atoms with Gasteiger partial charge in [-0.2, -0.15) is 13.2 Å². The van der Waals surface area contributed by atoms with Gasteiger partial charge >= 0.3 is 6.18 Å². The molecule has 0 saturated heterocycles. The molecule has 1 atom stereocenters. The van der Waals surface area contributed by atoms with E-state index in [-0.39, 0.29) is 17.0 Å². The third-order valence-corrected chi connectivity index (χ3v) is 3.10. The summed E-state index contributed by atoms with van der Waals surface area (Å²) >= 11 is 0. The molecule has 1 unspecified atom stereocenters. The maximum absolute atomic E-state index is 13.2. The molecule has 0 aliphatic rings. The van der Waals surface area contributed by atoms with Gasteiger partial charge in [0.15, 0.2) is 6.04 Å². The molecule has 0 aliphatic heterocycles. The first-order valence-electron chi connectivity index (χ1n) is 7.03. The molecule has 0 bridgehead atoms. The van der Waals surface area contributed by atoms with Crippen LogP contribution in [0.3, 0.4) is 0 Å². The van der Waals surface area contributed by atoms with E-state index in [2.05, 4.69) is 4.98 Å². The number of aromatic nitrogens is 1. The number of rotatable bonds is 5. The van der Waals surface area contributed by atoms with E-state index in [0.717, 1.165) is 24.3 Å². The van der Waals surface area contributed by atoms with Crippen LogP contribution in [-0.2, 0) is 0 Å². The summed E-state index contributed by atoms with van der Waals surface area (Å²) in [5, 5.41) is 1.91. The van der Waals surface area contributed by atoms with Gasteiger partial charge < -0.3 is 10.1 Å². The number of nitrogens with zero attached hydrogens (tertiary/aromatic N) is 1. The van der Waals surface area contributed by atoms with Crippen LogP contribution in [0.25, 0.3) is 0 Å². The van der Waals surface area contributed by atoms with Gasteiger partial charge in [0.2, 0.25) is 5.88 Å². The molecule has 0 aliphatic carbocycles. The summed E-state index contributed by atoms with van der Waals surface area (Å²) in [5.41, 5.74) is -0.291.